The van der Waals surface area contributed by atoms with Crippen molar-refractivity contribution in [2.24, 2.45) is 0 Å². The highest BCUT2D eigenvalue weighted by Gasteiger charge is 2.17. The first-order valence-corrected chi connectivity index (χ1v) is 8.02. The zero-order valence-electron chi connectivity index (χ0n) is 12.6. The summed E-state index contributed by atoms with van der Waals surface area (Å²) in [7, 11) is 1.65. The standard InChI is InChI=1S/C15H12N6O2S/c1-20(7-11-18-9-5-6-24-13(9)14(22)19-11)15(23)10-3-2-4-12-16-8-17-21(10)12/h2-6,8H,7H2,1H3,(H,18,19,22). The molecule has 0 aliphatic carbocycles. The van der Waals surface area contributed by atoms with Gasteiger partial charge in [0, 0.05) is 7.05 Å². The van der Waals surface area contributed by atoms with Crippen LogP contribution in [-0.2, 0) is 6.54 Å². The van der Waals surface area contributed by atoms with Crippen molar-refractivity contribution in [1.29, 1.82) is 0 Å². The fourth-order valence-electron chi connectivity index (χ4n) is 2.50. The fraction of sp³-hybridized carbons (Fsp3) is 0.133. The number of carbonyl (C=O) groups excluding carboxylic acids is 1. The molecule has 0 aliphatic heterocycles. The number of hydrogen-bond donors (Lipinski definition) is 1. The lowest BCUT2D eigenvalue weighted by Gasteiger charge is -2.16. The number of fused-ring (bicyclic) bond motifs is 2. The van der Waals surface area contributed by atoms with E-state index in [0.717, 1.165) is 0 Å². The number of aromatic nitrogens is 5. The van der Waals surface area contributed by atoms with Crippen LogP contribution in [-0.4, -0.2) is 42.4 Å². The molecule has 4 rings (SSSR count). The molecule has 0 atom stereocenters. The molecule has 0 spiro atoms. The molecule has 0 saturated heterocycles. The van der Waals surface area contributed by atoms with Gasteiger partial charge in [-0.2, -0.15) is 5.10 Å². The molecular weight excluding hydrogens is 328 g/mol. The molecule has 9 heteroatoms. The molecule has 1 N–H and O–H groups in total. The highest BCUT2D eigenvalue weighted by atomic mass is 32.1. The van der Waals surface area contributed by atoms with Crippen LogP contribution in [0.4, 0.5) is 0 Å². The normalized spacial score (nSPS) is 11.2. The van der Waals surface area contributed by atoms with Crippen molar-refractivity contribution >= 4 is 33.1 Å². The fourth-order valence-corrected chi connectivity index (χ4v) is 3.22. The lowest BCUT2D eigenvalue weighted by molar-refractivity contribution is 0.0773. The van der Waals surface area contributed by atoms with E-state index in [0.29, 0.717) is 27.4 Å². The zero-order chi connectivity index (χ0) is 16.7. The zero-order valence-corrected chi connectivity index (χ0v) is 13.4. The number of thiophene rings is 1. The number of nitrogens with one attached hydrogen (secondary N) is 1. The number of rotatable bonds is 3. The molecule has 0 unspecified atom stereocenters. The van der Waals surface area contributed by atoms with Crippen molar-refractivity contribution in [2.75, 3.05) is 7.05 Å². The van der Waals surface area contributed by atoms with Crippen molar-refractivity contribution < 1.29 is 4.79 Å². The van der Waals surface area contributed by atoms with E-state index in [1.807, 2.05) is 5.38 Å². The van der Waals surface area contributed by atoms with Gasteiger partial charge in [-0.15, -0.1) is 11.3 Å². The van der Waals surface area contributed by atoms with Crippen LogP contribution in [0.5, 0.6) is 0 Å². The Morgan fingerprint density at radius 1 is 1.38 bits per heavy atom. The minimum atomic E-state index is -0.237. The number of pyridine rings is 1. The lowest BCUT2D eigenvalue weighted by atomic mass is 10.3. The molecule has 8 nitrogen and oxygen atoms in total. The second-order valence-electron chi connectivity index (χ2n) is 5.25. The second-order valence-corrected chi connectivity index (χ2v) is 6.17. The smallest absolute Gasteiger partial charge is 0.272 e. The summed E-state index contributed by atoms with van der Waals surface area (Å²) in [6.07, 6.45) is 1.40. The molecule has 0 fully saturated rings. The number of carbonyl (C=O) groups is 1. The van der Waals surface area contributed by atoms with Gasteiger partial charge in [0.2, 0.25) is 0 Å². The Morgan fingerprint density at radius 3 is 3.12 bits per heavy atom. The maximum absolute atomic E-state index is 12.7. The number of aromatic amines is 1. The Labute approximate surface area is 139 Å². The molecule has 0 aromatic carbocycles. The van der Waals surface area contributed by atoms with E-state index in [-0.39, 0.29) is 18.0 Å². The number of amides is 1. The van der Waals surface area contributed by atoms with Crippen LogP contribution < -0.4 is 5.56 Å². The molecular formula is C15H12N6O2S. The first-order chi connectivity index (χ1) is 11.6. The molecule has 4 aromatic heterocycles. The van der Waals surface area contributed by atoms with Gasteiger partial charge >= 0.3 is 0 Å². The summed E-state index contributed by atoms with van der Waals surface area (Å²) < 4.78 is 2.07. The molecule has 120 valence electrons. The van der Waals surface area contributed by atoms with E-state index in [2.05, 4.69) is 20.1 Å². The van der Waals surface area contributed by atoms with Gasteiger partial charge in [-0.25, -0.2) is 14.5 Å². The molecule has 1 amide bonds. The first-order valence-electron chi connectivity index (χ1n) is 7.14. The van der Waals surface area contributed by atoms with Gasteiger partial charge in [0.25, 0.3) is 11.5 Å². The van der Waals surface area contributed by atoms with Gasteiger partial charge in [-0.05, 0) is 23.6 Å². The van der Waals surface area contributed by atoms with E-state index in [1.165, 1.54) is 27.1 Å². The summed E-state index contributed by atoms with van der Waals surface area (Å²) in [5, 5.41) is 5.88. The average molecular weight is 340 g/mol. The van der Waals surface area contributed by atoms with Crippen molar-refractivity contribution in [3.05, 3.63) is 57.8 Å². The van der Waals surface area contributed by atoms with E-state index in [9.17, 15) is 9.59 Å². The topological polar surface area (TPSA) is 96.2 Å². The van der Waals surface area contributed by atoms with Crippen LogP contribution in [0.2, 0.25) is 0 Å². The van der Waals surface area contributed by atoms with Gasteiger partial charge in [0.15, 0.2) is 5.65 Å². The van der Waals surface area contributed by atoms with E-state index in [4.69, 9.17) is 0 Å². The second kappa shape index (κ2) is 5.53. The van der Waals surface area contributed by atoms with Crippen molar-refractivity contribution in [1.82, 2.24) is 29.5 Å². The van der Waals surface area contributed by atoms with Gasteiger partial charge in [0.1, 0.15) is 22.5 Å². The predicted octanol–water partition coefficient (Wildman–Crippen LogP) is 1.30. The van der Waals surface area contributed by atoms with Crippen LogP contribution in [0.3, 0.4) is 0 Å². The Hall–Kier alpha value is -3.07. The number of H-pyrrole nitrogens is 1. The number of hydrogen-bond acceptors (Lipinski definition) is 6. The highest BCUT2D eigenvalue weighted by molar-refractivity contribution is 7.17. The molecule has 24 heavy (non-hydrogen) atoms. The van der Waals surface area contributed by atoms with Gasteiger partial charge in [0.05, 0.1) is 12.1 Å². The third-order valence-corrected chi connectivity index (χ3v) is 4.52. The average Bonchev–Trinajstić information content (AvgIpc) is 3.22. The SMILES string of the molecule is CN(Cc1nc2ccsc2c(=O)[nH]1)C(=O)c1cccc2ncnn12. The van der Waals surface area contributed by atoms with Crippen LogP contribution >= 0.6 is 11.3 Å². The van der Waals surface area contributed by atoms with E-state index >= 15 is 0 Å². The molecule has 0 aliphatic rings. The minimum Gasteiger partial charge on any atom is -0.333 e. The largest absolute Gasteiger partial charge is 0.333 e. The molecule has 4 aromatic rings. The third kappa shape index (κ3) is 2.35. The van der Waals surface area contributed by atoms with Crippen molar-refractivity contribution in [3.8, 4) is 0 Å². The summed E-state index contributed by atoms with van der Waals surface area (Å²) in [5.41, 5.74) is 1.44. The van der Waals surface area contributed by atoms with Crippen LogP contribution in [0.15, 0.2) is 40.8 Å². The quantitative estimate of drug-likeness (QED) is 0.606. The van der Waals surface area contributed by atoms with Crippen LogP contribution in [0, 0.1) is 0 Å². The van der Waals surface area contributed by atoms with Crippen molar-refractivity contribution in [2.45, 2.75) is 6.54 Å². The molecule has 0 bridgehead atoms. The maximum atomic E-state index is 12.7. The van der Waals surface area contributed by atoms with Crippen molar-refractivity contribution in [3.63, 3.8) is 0 Å². The molecule has 0 radical (unpaired) electrons. The monoisotopic (exact) mass is 340 g/mol. The Morgan fingerprint density at radius 2 is 2.25 bits per heavy atom. The number of nitrogens with zero attached hydrogens (tertiary/aromatic N) is 5. The van der Waals surface area contributed by atoms with E-state index < -0.39 is 0 Å². The summed E-state index contributed by atoms with van der Waals surface area (Å²) in [4.78, 5) is 37.3. The highest BCUT2D eigenvalue weighted by Crippen LogP contribution is 2.14. The maximum Gasteiger partial charge on any atom is 0.272 e. The van der Waals surface area contributed by atoms with Gasteiger partial charge in [-0.1, -0.05) is 6.07 Å². The minimum absolute atomic E-state index is 0.185. The molecule has 4 heterocycles. The Balaban J connectivity index is 1.65. The van der Waals surface area contributed by atoms with Gasteiger partial charge in [-0.3, -0.25) is 9.59 Å². The summed E-state index contributed by atoms with van der Waals surface area (Å²) in [6.45, 7) is 0.185. The lowest BCUT2D eigenvalue weighted by Crippen LogP contribution is -2.29. The van der Waals surface area contributed by atoms with Gasteiger partial charge < -0.3 is 9.88 Å². The summed E-state index contributed by atoms with van der Waals surface area (Å²) >= 11 is 1.34. The summed E-state index contributed by atoms with van der Waals surface area (Å²) in [5.74, 6) is 0.201. The molecule has 0 saturated carbocycles. The van der Waals surface area contributed by atoms with Crippen LogP contribution in [0.25, 0.3) is 15.9 Å². The Kier molecular flexibility index (Phi) is 3.35. The first kappa shape index (κ1) is 14.5. The van der Waals surface area contributed by atoms with Crippen LogP contribution in [0.1, 0.15) is 16.3 Å². The summed E-state index contributed by atoms with van der Waals surface area (Å²) in [6, 6.07) is 6.99. The predicted molar refractivity (Wildman–Crippen MR) is 89.0 cm³/mol. The third-order valence-electron chi connectivity index (χ3n) is 3.62. The van der Waals surface area contributed by atoms with E-state index in [1.54, 1.807) is 31.3 Å². The Bertz CT molecular complexity index is 1110.